The van der Waals surface area contributed by atoms with Gasteiger partial charge in [-0.2, -0.15) is 4.98 Å². The number of nitrogens with one attached hydrogen (secondary N) is 2. The molecule has 2 N–H and O–H groups in total. The van der Waals surface area contributed by atoms with Crippen LogP contribution in [-0.4, -0.2) is 52.1 Å². The van der Waals surface area contributed by atoms with Gasteiger partial charge < -0.3 is 14.8 Å². The number of nitrogens with zero attached hydrogens (tertiary/aromatic N) is 4. The Hall–Kier alpha value is -4.08. The molecule has 9 nitrogen and oxygen atoms in total. The van der Waals surface area contributed by atoms with Gasteiger partial charge in [-0.25, -0.2) is 10.5 Å². The molecule has 4 aromatic rings. The van der Waals surface area contributed by atoms with Crippen molar-refractivity contribution in [2.75, 3.05) is 32.1 Å². The van der Waals surface area contributed by atoms with E-state index >= 15 is 0 Å². The lowest BCUT2D eigenvalue weighted by Crippen LogP contribution is -2.33. The molecular formula is C32H36N6O3. The van der Waals surface area contributed by atoms with Crippen molar-refractivity contribution in [3.05, 3.63) is 87.3 Å². The topological polar surface area (TPSA) is 101 Å². The monoisotopic (exact) mass is 552 g/mol. The predicted molar refractivity (Wildman–Crippen MR) is 160 cm³/mol. The van der Waals surface area contributed by atoms with Gasteiger partial charge >= 0.3 is 0 Å². The molecule has 0 unspecified atom stereocenters. The molecule has 6 rings (SSSR count). The van der Waals surface area contributed by atoms with Crippen molar-refractivity contribution in [3.63, 3.8) is 0 Å². The van der Waals surface area contributed by atoms with Crippen molar-refractivity contribution in [1.82, 2.24) is 24.9 Å². The molecule has 0 bridgehead atoms. The number of carbonyl (C=O) groups is 1. The van der Waals surface area contributed by atoms with Crippen LogP contribution in [0.4, 0.5) is 11.6 Å². The number of likely N-dealkylation sites (tertiary alicyclic amines) is 1. The summed E-state index contributed by atoms with van der Waals surface area (Å²) in [5.41, 5.74) is 7.88. The number of aromatic nitrogens is 3. The van der Waals surface area contributed by atoms with Crippen molar-refractivity contribution in [2.45, 2.75) is 51.4 Å². The van der Waals surface area contributed by atoms with Gasteiger partial charge in [-0.1, -0.05) is 25.1 Å². The van der Waals surface area contributed by atoms with E-state index in [4.69, 9.17) is 9.82 Å². The van der Waals surface area contributed by atoms with Crippen molar-refractivity contribution >= 4 is 28.6 Å². The van der Waals surface area contributed by atoms with Crippen LogP contribution in [0.2, 0.25) is 0 Å². The predicted octanol–water partition coefficient (Wildman–Crippen LogP) is 4.89. The number of anilines is 2. The fourth-order valence-electron chi connectivity index (χ4n) is 6.16. The molecule has 41 heavy (non-hydrogen) atoms. The Bertz CT molecular complexity index is 1620. The van der Waals surface area contributed by atoms with Gasteiger partial charge in [0.25, 0.3) is 5.91 Å². The summed E-state index contributed by atoms with van der Waals surface area (Å²) in [5, 5.41) is 3.56. The highest BCUT2D eigenvalue weighted by molar-refractivity contribution is 5.96. The van der Waals surface area contributed by atoms with E-state index in [9.17, 15) is 9.59 Å². The molecule has 0 atom stereocenters. The van der Waals surface area contributed by atoms with Crippen LogP contribution >= 0.6 is 0 Å². The van der Waals surface area contributed by atoms with Crippen molar-refractivity contribution in [1.29, 1.82) is 0 Å². The van der Waals surface area contributed by atoms with Gasteiger partial charge in [0, 0.05) is 23.8 Å². The Balaban J connectivity index is 1.31. The highest BCUT2D eigenvalue weighted by atomic mass is 16.6. The van der Waals surface area contributed by atoms with Crippen LogP contribution in [0.1, 0.15) is 65.6 Å². The summed E-state index contributed by atoms with van der Waals surface area (Å²) in [6.07, 6.45) is 9.79. The zero-order valence-corrected chi connectivity index (χ0v) is 23.7. The van der Waals surface area contributed by atoms with E-state index in [2.05, 4.69) is 64.0 Å². The maximum Gasteiger partial charge on any atom is 0.280 e. The molecular weight excluding hydrogens is 516 g/mol. The van der Waals surface area contributed by atoms with E-state index in [1.165, 1.54) is 62.0 Å². The number of benzene rings is 2. The highest BCUT2D eigenvalue weighted by Gasteiger charge is 2.21. The molecule has 0 saturated carbocycles. The minimum atomic E-state index is -0.618. The first-order valence-electron chi connectivity index (χ1n) is 14.5. The summed E-state index contributed by atoms with van der Waals surface area (Å²) >= 11 is 0. The van der Waals surface area contributed by atoms with Crippen LogP contribution in [0.15, 0.2) is 59.7 Å². The van der Waals surface area contributed by atoms with Gasteiger partial charge in [0.1, 0.15) is 5.56 Å². The second-order valence-corrected chi connectivity index (χ2v) is 11.0. The minimum absolute atomic E-state index is 0.0414. The van der Waals surface area contributed by atoms with E-state index in [1.807, 2.05) is 6.07 Å². The van der Waals surface area contributed by atoms with Crippen molar-refractivity contribution in [3.8, 4) is 5.69 Å². The number of rotatable bonds is 8. The summed E-state index contributed by atoms with van der Waals surface area (Å²) in [6, 6.07) is 14.7. The molecule has 1 aliphatic heterocycles. The lowest BCUT2D eigenvalue weighted by molar-refractivity contribution is 0.0536. The summed E-state index contributed by atoms with van der Waals surface area (Å²) in [4.78, 5) is 42.5. The summed E-state index contributed by atoms with van der Waals surface area (Å²) in [6.45, 7) is 5.74. The van der Waals surface area contributed by atoms with Gasteiger partial charge in [-0.05, 0) is 105 Å². The lowest BCUT2D eigenvalue weighted by atomic mass is 9.89. The molecule has 212 valence electrons. The van der Waals surface area contributed by atoms with Crippen LogP contribution in [-0.2, 0) is 17.7 Å². The number of carbonyl (C=O) groups excluding carboxylic acids is 1. The van der Waals surface area contributed by atoms with Crippen LogP contribution in [0.25, 0.3) is 16.7 Å². The number of hydrogen-bond acceptors (Lipinski definition) is 7. The molecule has 9 heteroatoms. The average molecular weight is 553 g/mol. The lowest BCUT2D eigenvalue weighted by Gasteiger charge is -2.32. The van der Waals surface area contributed by atoms with Crippen LogP contribution in [0.5, 0.6) is 0 Å². The number of amides is 1. The van der Waals surface area contributed by atoms with E-state index < -0.39 is 11.3 Å². The highest BCUT2D eigenvalue weighted by Crippen LogP contribution is 2.30. The molecule has 0 spiro atoms. The minimum Gasteiger partial charge on any atom is -0.324 e. The maximum atomic E-state index is 13.3. The molecule has 1 amide bonds. The fraction of sp³-hybridized carbons (Fsp3) is 0.375. The number of fused-ring (bicyclic) bond motifs is 2. The first kappa shape index (κ1) is 27.1. The quantitative estimate of drug-likeness (QED) is 0.300. The molecule has 1 aliphatic carbocycles. The van der Waals surface area contributed by atoms with Gasteiger partial charge in [-0.3, -0.25) is 14.4 Å². The second kappa shape index (κ2) is 11.8. The van der Waals surface area contributed by atoms with Gasteiger partial charge in [-0.15, -0.1) is 0 Å². The first-order valence-corrected chi connectivity index (χ1v) is 14.5. The summed E-state index contributed by atoms with van der Waals surface area (Å²) < 4.78 is 1.79. The third-order valence-electron chi connectivity index (χ3n) is 8.31. The number of pyridine rings is 1. The molecule has 2 aromatic heterocycles. The normalized spacial score (nSPS) is 15.7. The fourth-order valence-corrected chi connectivity index (χ4v) is 6.16. The Labute approximate surface area is 239 Å². The van der Waals surface area contributed by atoms with Gasteiger partial charge in [0.05, 0.1) is 12.5 Å². The number of aryl methyl sites for hydroxylation is 2. The SMILES string of the molecule is CCCN1CCC(c2ccc(Nc3ncc4c(=O)c(C(=O)NOC)cn(-c5ccc6c(c5)CCC6)c4n3)cc2)CC1. The molecule has 1 fully saturated rings. The Kier molecular flexibility index (Phi) is 7.80. The molecule has 1 saturated heterocycles. The van der Waals surface area contributed by atoms with Crippen LogP contribution in [0.3, 0.4) is 0 Å². The Morgan fingerprint density at radius 2 is 1.85 bits per heavy atom. The standard InChI is InChI=1S/C32H36N6O3/c1-3-15-37-16-13-23(14-17-37)22-7-10-25(11-8-22)34-32-33-19-27-29(39)28(31(40)36-41-2)20-38(30(27)35-32)26-12-9-21-5-4-6-24(21)18-26/h7-12,18-20,23H,3-6,13-17H2,1-2H3,(H,36,40)(H,33,34,35). The number of hydroxylamine groups is 1. The zero-order chi connectivity index (χ0) is 28.3. The van der Waals surface area contributed by atoms with Crippen molar-refractivity contribution < 1.29 is 9.63 Å². The average Bonchev–Trinajstić information content (AvgIpc) is 3.47. The largest absolute Gasteiger partial charge is 0.324 e. The van der Waals surface area contributed by atoms with E-state index in [0.717, 1.165) is 43.7 Å². The molecule has 2 aromatic carbocycles. The van der Waals surface area contributed by atoms with Crippen LogP contribution in [0, 0.1) is 0 Å². The summed E-state index contributed by atoms with van der Waals surface area (Å²) in [7, 11) is 1.34. The molecule has 0 radical (unpaired) electrons. The molecule has 2 aliphatic rings. The van der Waals surface area contributed by atoms with E-state index in [-0.39, 0.29) is 10.9 Å². The van der Waals surface area contributed by atoms with Gasteiger partial charge in [0.15, 0.2) is 5.65 Å². The van der Waals surface area contributed by atoms with E-state index in [1.54, 1.807) is 4.57 Å². The third-order valence-corrected chi connectivity index (χ3v) is 8.31. The number of piperidine rings is 1. The molecule has 3 heterocycles. The zero-order valence-electron chi connectivity index (χ0n) is 23.7. The number of hydrogen-bond donors (Lipinski definition) is 2. The van der Waals surface area contributed by atoms with Crippen molar-refractivity contribution in [2.24, 2.45) is 0 Å². The third kappa shape index (κ3) is 5.60. The Morgan fingerprint density at radius 3 is 2.61 bits per heavy atom. The smallest absolute Gasteiger partial charge is 0.280 e. The Morgan fingerprint density at radius 1 is 1.07 bits per heavy atom. The maximum absolute atomic E-state index is 13.3. The first-order chi connectivity index (χ1) is 20.0. The van der Waals surface area contributed by atoms with E-state index in [0.29, 0.717) is 17.5 Å². The summed E-state index contributed by atoms with van der Waals surface area (Å²) in [5.74, 6) is 0.342. The van der Waals surface area contributed by atoms with Crippen LogP contribution < -0.4 is 16.2 Å². The van der Waals surface area contributed by atoms with Gasteiger partial charge in [0.2, 0.25) is 11.4 Å². The second-order valence-electron chi connectivity index (χ2n) is 11.0.